The lowest BCUT2D eigenvalue weighted by Gasteiger charge is -2.11. The quantitative estimate of drug-likeness (QED) is 0.602. The number of ether oxygens (including phenoxy) is 1. The molecule has 0 fully saturated rings. The third kappa shape index (κ3) is 2.69. The first-order chi connectivity index (χ1) is 9.95. The van der Waals surface area contributed by atoms with Crippen molar-refractivity contribution >= 4 is 23.0 Å². The Morgan fingerprint density at radius 1 is 1.33 bits per heavy atom. The van der Waals surface area contributed by atoms with E-state index in [1.54, 1.807) is 6.92 Å². The molecule has 0 spiro atoms. The molecule has 0 bridgehead atoms. The minimum absolute atomic E-state index is 0.0253. The molecular formula is C13H12N2O6. The van der Waals surface area contributed by atoms with E-state index in [0.717, 1.165) is 4.57 Å². The highest BCUT2D eigenvalue weighted by Crippen LogP contribution is 2.14. The van der Waals surface area contributed by atoms with E-state index in [2.05, 4.69) is 4.98 Å². The number of fused-ring (bicyclic) bond motifs is 1. The molecule has 0 atom stereocenters. The van der Waals surface area contributed by atoms with Crippen molar-refractivity contribution < 1.29 is 19.4 Å². The lowest BCUT2D eigenvalue weighted by atomic mass is 10.1. The molecule has 2 aromatic rings. The van der Waals surface area contributed by atoms with Crippen molar-refractivity contribution in [1.82, 2.24) is 9.55 Å². The number of nitrogens with zero attached hydrogens (tertiary/aromatic N) is 1. The zero-order valence-electron chi connectivity index (χ0n) is 11.1. The van der Waals surface area contributed by atoms with Crippen LogP contribution in [0.3, 0.4) is 0 Å². The van der Waals surface area contributed by atoms with Gasteiger partial charge in [0.15, 0.2) is 0 Å². The summed E-state index contributed by atoms with van der Waals surface area (Å²) in [7, 11) is 0. The number of aromatic carboxylic acids is 1. The first-order valence-electron chi connectivity index (χ1n) is 6.10. The second-order valence-electron chi connectivity index (χ2n) is 4.16. The number of carbonyl (C=O) groups excluding carboxylic acids is 1. The Morgan fingerprint density at radius 3 is 2.67 bits per heavy atom. The predicted octanol–water partition coefficient (Wildman–Crippen LogP) is -0.0489. The molecule has 0 aliphatic rings. The smallest absolute Gasteiger partial charge is 0.337 e. The highest BCUT2D eigenvalue weighted by Gasteiger charge is 2.17. The largest absolute Gasteiger partial charge is 0.478 e. The Kier molecular flexibility index (Phi) is 3.88. The van der Waals surface area contributed by atoms with E-state index in [4.69, 9.17) is 4.74 Å². The number of hydrogen-bond acceptors (Lipinski definition) is 5. The number of para-hydroxylation sites is 1. The Balaban J connectivity index is 2.79. The van der Waals surface area contributed by atoms with Crippen LogP contribution in [0.4, 0.5) is 0 Å². The third-order valence-corrected chi connectivity index (χ3v) is 2.82. The second-order valence-corrected chi connectivity index (χ2v) is 4.16. The summed E-state index contributed by atoms with van der Waals surface area (Å²) < 4.78 is 5.55. The molecule has 21 heavy (non-hydrogen) atoms. The van der Waals surface area contributed by atoms with Gasteiger partial charge in [-0.25, -0.2) is 4.79 Å². The molecule has 0 radical (unpaired) electrons. The summed E-state index contributed by atoms with van der Waals surface area (Å²) in [4.78, 5) is 48.6. The van der Waals surface area contributed by atoms with E-state index >= 15 is 0 Å². The van der Waals surface area contributed by atoms with Crippen LogP contribution in [-0.2, 0) is 16.1 Å². The normalized spacial score (nSPS) is 10.5. The van der Waals surface area contributed by atoms with Gasteiger partial charge in [0.05, 0.1) is 23.2 Å². The highest BCUT2D eigenvalue weighted by atomic mass is 16.5. The zero-order chi connectivity index (χ0) is 15.6. The Morgan fingerprint density at radius 2 is 2.05 bits per heavy atom. The van der Waals surface area contributed by atoms with Gasteiger partial charge in [0, 0.05) is 0 Å². The van der Waals surface area contributed by atoms with E-state index in [-0.39, 0.29) is 23.2 Å². The zero-order valence-corrected chi connectivity index (χ0v) is 11.1. The Labute approximate surface area is 117 Å². The van der Waals surface area contributed by atoms with E-state index in [0.29, 0.717) is 0 Å². The number of nitrogens with one attached hydrogen (secondary N) is 1. The summed E-state index contributed by atoms with van der Waals surface area (Å²) in [6.45, 7) is 1.18. The molecule has 1 aromatic carbocycles. The van der Waals surface area contributed by atoms with Crippen molar-refractivity contribution in [2.45, 2.75) is 13.5 Å². The SMILES string of the molecule is CCOC(=O)Cn1c(=O)c(=O)[nH]c2cccc(C(=O)O)c21. The van der Waals surface area contributed by atoms with Gasteiger partial charge in [-0.15, -0.1) is 0 Å². The molecule has 8 heteroatoms. The number of carboxylic acids is 1. The summed E-state index contributed by atoms with van der Waals surface area (Å²) in [5, 5.41) is 9.18. The molecular weight excluding hydrogens is 280 g/mol. The molecule has 0 unspecified atom stereocenters. The van der Waals surface area contributed by atoms with Crippen LogP contribution in [-0.4, -0.2) is 33.2 Å². The van der Waals surface area contributed by atoms with Crippen LogP contribution in [0.2, 0.25) is 0 Å². The first kappa shape index (κ1) is 14.5. The molecule has 1 heterocycles. The minimum Gasteiger partial charge on any atom is -0.478 e. The Hall–Kier alpha value is -2.90. The fraction of sp³-hybridized carbons (Fsp3) is 0.231. The predicted molar refractivity (Wildman–Crippen MR) is 72.4 cm³/mol. The third-order valence-electron chi connectivity index (χ3n) is 2.82. The minimum atomic E-state index is -1.27. The molecule has 2 rings (SSSR count). The van der Waals surface area contributed by atoms with Crippen LogP contribution in [0.1, 0.15) is 17.3 Å². The fourth-order valence-electron chi connectivity index (χ4n) is 1.99. The van der Waals surface area contributed by atoms with Crippen molar-refractivity contribution in [2.75, 3.05) is 6.61 Å². The average molecular weight is 292 g/mol. The van der Waals surface area contributed by atoms with Gasteiger partial charge in [-0.05, 0) is 19.1 Å². The second kappa shape index (κ2) is 5.61. The topological polar surface area (TPSA) is 118 Å². The lowest BCUT2D eigenvalue weighted by Crippen LogP contribution is -2.38. The van der Waals surface area contributed by atoms with Gasteiger partial charge >= 0.3 is 23.1 Å². The standard InChI is InChI=1S/C13H12N2O6/c1-2-21-9(16)6-15-10-7(13(19)20)4-3-5-8(10)14-11(17)12(15)18/h3-5H,2,6H2,1H3,(H,14,17)(H,19,20). The molecule has 110 valence electrons. The summed E-state index contributed by atoms with van der Waals surface area (Å²) in [6.07, 6.45) is 0. The molecule has 1 aromatic heterocycles. The molecule has 2 N–H and O–H groups in total. The number of carboxylic acid groups (broad SMARTS) is 1. The number of benzene rings is 1. The van der Waals surface area contributed by atoms with Crippen molar-refractivity contribution in [1.29, 1.82) is 0 Å². The Bertz CT molecular complexity index is 833. The monoisotopic (exact) mass is 292 g/mol. The van der Waals surface area contributed by atoms with Gasteiger partial charge in [0.2, 0.25) is 0 Å². The molecule has 0 saturated heterocycles. The number of aromatic nitrogens is 2. The molecule has 0 aliphatic carbocycles. The van der Waals surface area contributed by atoms with Gasteiger partial charge in [0.1, 0.15) is 6.54 Å². The summed E-state index contributed by atoms with van der Waals surface area (Å²) in [6, 6.07) is 4.16. The number of esters is 1. The van der Waals surface area contributed by atoms with Crippen molar-refractivity contribution in [2.24, 2.45) is 0 Å². The number of H-pyrrole nitrogens is 1. The van der Waals surface area contributed by atoms with Crippen LogP contribution in [0.5, 0.6) is 0 Å². The lowest BCUT2D eigenvalue weighted by molar-refractivity contribution is -0.143. The summed E-state index contributed by atoms with van der Waals surface area (Å²) >= 11 is 0. The van der Waals surface area contributed by atoms with Gasteiger partial charge in [-0.2, -0.15) is 0 Å². The number of rotatable bonds is 4. The molecule has 8 nitrogen and oxygen atoms in total. The van der Waals surface area contributed by atoms with E-state index < -0.39 is 29.6 Å². The number of hydrogen-bond donors (Lipinski definition) is 2. The summed E-state index contributed by atoms with van der Waals surface area (Å²) in [5.74, 6) is -2.00. The van der Waals surface area contributed by atoms with Crippen molar-refractivity contribution in [3.8, 4) is 0 Å². The maximum absolute atomic E-state index is 11.9. The van der Waals surface area contributed by atoms with Crippen molar-refractivity contribution in [3.63, 3.8) is 0 Å². The van der Waals surface area contributed by atoms with Gasteiger partial charge < -0.3 is 14.8 Å². The maximum Gasteiger partial charge on any atom is 0.337 e. The van der Waals surface area contributed by atoms with E-state index in [1.807, 2.05) is 0 Å². The van der Waals surface area contributed by atoms with E-state index in [9.17, 15) is 24.3 Å². The number of carbonyl (C=O) groups is 2. The fourth-order valence-corrected chi connectivity index (χ4v) is 1.99. The first-order valence-corrected chi connectivity index (χ1v) is 6.10. The van der Waals surface area contributed by atoms with Crippen LogP contribution < -0.4 is 11.1 Å². The highest BCUT2D eigenvalue weighted by molar-refractivity contribution is 6.01. The maximum atomic E-state index is 11.9. The van der Waals surface area contributed by atoms with Gasteiger partial charge in [0.25, 0.3) is 0 Å². The molecule has 0 saturated carbocycles. The van der Waals surface area contributed by atoms with Gasteiger partial charge in [-0.1, -0.05) is 6.07 Å². The molecule has 0 aliphatic heterocycles. The van der Waals surface area contributed by atoms with Crippen LogP contribution >= 0.6 is 0 Å². The van der Waals surface area contributed by atoms with Gasteiger partial charge in [-0.3, -0.25) is 19.0 Å². The van der Waals surface area contributed by atoms with Crippen LogP contribution in [0, 0.1) is 0 Å². The molecule has 0 amide bonds. The average Bonchev–Trinajstić information content (AvgIpc) is 2.43. The van der Waals surface area contributed by atoms with Crippen molar-refractivity contribution in [3.05, 3.63) is 44.5 Å². The van der Waals surface area contributed by atoms with Crippen LogP contribution in [0.15, 0.2) is 27.8 Å². The summed E-state index contributed by atoms with van der Waals surface area (Å²) in [5.41, 5.74) is -2.00. The van der Waals surface area contributed by atoms with E-state index in [1.165, 1.54) is 18.2 Å². The van der Waals surface area contributed by atoms with Crippen LogP contribution in [0.25, 0.3) is 11.0 Å². The number of aromatic amines is 1.